The van der Waals surface area contributed by atoms with E-state index in [0.717, 1.165) is 27.6 Å². The molecule has 0 saturated heterocycles. The average molecular weight is 516 g/mol. The molecule has 0 aromatic heterocycles. The molecule has 0 aliphatic heterocycles. The number of rotatable bonds is 8. The lowest BCUT2D eigenvalue weighted by Crippen LogP contribution is -2.54. The van der Waals surface area contributed by atoms with Crippen molar-refractivity contribution >= 4 is 39.1 Å². The molecule has 0 bridgehead atoms. The highest BCUT2D eigenvalue weighted by atomic mass is 35.5. The molecule has 1 atom stereocenters. The van der Waals surface area contributed by atoms with E-state index in [2.05, 4.69) is 5.32 Å². The van der Waals surface area contributed by atoms with E-state index in [0.29, 0.717) is 0 Å². The van der Waals surface area contributed by atoms with Crippen molar-refractivity contribution in [2.75, 3.05) is 17.1 Å². The molecule has 0 fully saturated rings. The Balaban J connectivity index is 2.44. The normalized spacial score (nSPS) is 12.7. The summed E-state index contributed by atoms with van der Waals surface area (Å²) in [4.78, 5) is 27.3. The van der Waals surface area contributed by atoms with Gasteiger partial charge < -0.3 is 10.2 Å². The Kier molecular flexibility index (Phi) is 8.65. The topological polar surface area (TPSA) is 86.8 Å². The van der Waals surface area contributed by atoms with Gasteiger partial charge in [0.25, 0.3) is 0 Å². The number of benzene rings is 2. The van der Waals surface area contributed by atoms with Crippen molar-refractivity contribution in [2.45, 2.75) is 45.8 Å². The molecule has 0 heterocycles. The Labute approximate surface area is 203 Å². The van der Waals surface area contributed by atoms with Gasteiger partial charge in [-0.05, 0) is 52.0 Å². The first-order chi connectivity index (χ1) is 15.6. The number of nitrogens with zero attached hydrogens (tertiary/aromatic N) is 2. The zero-order valence-electron chi connectivity index (χ0n) is 19.6. The molecule has 1 unspecified atom stereocenters. The standard InChI is InChI=1S/C23H28ClF2N3O4S/c1-15(22(31)27-23(2,3)4)28(13-16-8-6-7-9-19(16)25)21(30)14-29(34(5,32)33)17-10-11-20(26)18(24)12-17/h6-12,15H,13-14H2,1-5H3,(H,27,31). The van der Waals surface area contributed by atoms with Crippen molar-refractivity contribution < 1.29 is 26.8 Å². The van der Waals surface area contributed by atoms with E-state index in [1.165, 1.54) is 31.2 Å². The fourth-order valence-electron chi connectivity index (χ4n) is 3.12. The number of anilines is 1. The van der Waals surface area contributed by atoms with Gasteiger partial charge >= 0.3 is 0 Å². The minimum atomic E-state index is -4.00. The van der Waals surface area contributed by atoms with Crippen LogP contribution < -0.4 is 9.62 Å². The largest absolute Gasteiger partial charge is 0.350 e. The SMILES string of the molecule is CC(C(=O)NC(C)(C)C)N(Cc1ccccc1F)C(=O)CN(c1ccc(F)c(Cl)c1)S(C)(=O)=O. The van der Waals surface area contributed by atoms with E-state index in [-0.39, 0.29) is 22.8 Å². The Morgan fingerprint density at radius 1 is 1.09 bits per heavy atom. The fourth-order valence-corrected chi connectivity index (χ4v) is 4.14. The molecule has 0 radical (unpaired) electrons. The van der Waals surface area contributed by atoms with Crippen LogP contribution in [0.2, 0.25) is 5.02 Å². The number of hydrogen-bond acceptors (Lipinski definition) is 4. The summed E-state index contributed by atoms with van der Waals surface area (Å²) in [5.41, 5.74) is -0.469. The third-order valence-corrected chi connectivity index (χ3v) is 6.26. The number of sulfonamides is 1. The third-order valence-electron chi connectivity index (χ3n) is 4.83. The molecule has 11 heteroatoms. The molecule has 0 aliphatic rings. The first-order valence-electron chi connectivity index (χ1n) is 10.4. The maximum Gasteiger partial charge on any atom is 0.244 e. The molecule has 186 valence electrons. The van der Waals surface area contributed by atoms with Gasteiger partial charge in [0.15, 0.2) is 0 Å². The Hall–Kier alpha value is -2.72. The van der Waals surface area contributed by atoms with E-state index in [9.17, 15) is 26.8 Å². The maximum absolute atomic E-state index is 14.4. The van der Waals surface area contributed by atoms with Crippen LogP contribution in [0.5, 0.6) is 0 Å². The molecule has 7 nitrogen and oxygen atoms in total. The molecular formula is C23H28ClF2N3O4S. The molecule has 2 rings (SSSR count). The second kappa shape index (κ2) is 10.7. The van der Waals surface area contributed by atoms with Gasteiger partial charge in [0.1, 0.15) is 24.2 Å². The van der Waals surface area contributed by atoms with Crippen molar-refractivity contribution in [3.63, 3.8) is 0 Å². The van der Waals surface area contributed by atoms with Crippen LogP contribution in [-0.4, -0.2) is 49.5 Å². The zero-order valence-corrected chi connectivity index (χ0v) is 21.2. The quantitative estimate of drug-likeness (QED) is 0.580. The highest BCUT2D eigenvalue weighted by Gasteiger charge is 2.32. The number of amides is 2. The number of nitrogens with one attached hydrogen (secondary N) is 1. The summed E-state index contributed by atoms with van der Waals surface area (Å²) in [5, 5.41) is 2.45. The highest BCUT2D eigenvalue weighted by Crippen LogP contribution is 2.25. The first-order valence-corrected chi connectivity index (χ1v) is 12.6. The van der Waals surface area contributed by atoms with Crippen LogP contribution in [0.4, 0.5) is 14.5 Å². The molecule has 1 N–H and O–H groups in total. The second-order valence-electron chi connectivity index (χ2n) is 8.90. The first kappa shape index (κ1) is 27.5. The van der Waals surface area contributed by atoms with Crippen LogP contribution in [-0.2, 0) is 26.2 Å². The van der Waals surface area contributed by atoms with E-state index < -0.39 is 51.6 Å². The predicted octanol–water partition coefficient (Wildman–Crippen LogP) is 3.72. The van der Waals surface area contributed by atoms with Crippen molar-refractivity contribution in [3.05, 3.63) is 64.7 Å². The molecule has 0 spiro atoms. The lowest BCUT2D eigenvalue weighted by Gasteiger charge is -2.33. The minimum Gasteiger partial charge on any atom is -0.350 e. The van der Waals surface area contributed by atoms with E-state index >= 15 is 0 Å². The minimum absolute atomic E-state index is 0.0279. The van der Waals surface area contributed by atoms with Gasteiger partial charge in [-0.25, -0.2) is 17.2 Å². The Morgan fingerprint density at radius 3 is 2.24 bits per heavy atom. The predicted molar refractivity (Wildman–Crippen MR) is 128 cm³/mol. The van der Waals surface area contributed by atoms with Gasteiger partial charge in [0.2, 0.25) is 21.8 Å². The van der Waals surface area contributed by atoms with E-state index in [4.69, 9.17) is 11.6 Å². The summed E-state index contributed by atoms with van der Waals surface area (Å²) in [6.45, 7) is 5.80. The van der Waals surface area contributed by atoms with Crippen LogP contribution in [0.25, 0.3) is 0 Å². The third kappa shape index (κ3) is 7.39. The van der Waals surface area contributed by atoms with Gasteiger partial charge in [-0.3, -0.25) is 13.9 Å². The van der Waals surface area contributed by atoms with Gasteiger partial charge in [0.05, 0.1) is 17.0 Å². The monoisotopic (exact) mass is 515 g/mol. The summed E-state index contributed by atoms with van der Waals surface area (Å²) in [6.07, 6.45) is 0.883. The average Bonchev–Trinajstić information content (AvgIpc) is 2.70. The van der Waals surface area contributed by atoms with E-state index in [1.54, 1.807) is 26.8 Å². The molecular weight excluding hydrogens is 488 g/mol. The lowest BCUT2D eigenvalue weighted by molar-refractivity contribution is -0.140. The Bertz CT molecular complexity index is 1170. The summed E-state index contributed by atoms with van der Waals surface area (Å²) >= 11 is 5.80. The Morgan fingerprint density at radius 2 is 1.71 bits per heavy atom. The van der Waals surface area contributed by atoms with Gasteiger partial charge in [0, 0.05) is 17.6 Å². The van der Waals surface area contributed by atoms with Crippen LogP contribution in [0.15, 0.2) is 42.5 Å². The lowest BCUT2D eigenvalue weighted by atomic mass is 10.1. The summed E-state index contributed by atoms with van der Waals surface area (Å²) in [5.74, 6) is -2.58. The van der Waals surface area contributed by atoms with E-state index in [1.807, 2.05) is 0 Å². The van der Waals surface area contributed by atoms with Crippen LogP contribution in [0, 0.1) is 11.6 Å². The number of carbonyl (C=O) groups excluding carboxylic acids is 2. The van der Waals surface area contributed by atoms with Gasteiger partial charge in [-0.1, -0.05) is 29.8 Å². The van der Waals surface area contributed by atoms with Crippen LogP contribution >= 0.6 is 11.6 Å². The van der Waals surface area contributed by atoms with Crippen molar-refractivity contribution in [2.24, 2.45) is 0 Å². The van der Waals surface area contributed by atoms with Gasteiger partial charge in [-0.2, -0.15) is 0 Å². The summed E-state index contributed by atoms with van der Waals surface area (Å²) < 4.78 is 53.6. The molecule has 2 aromatic carbocycles. The smallest absolute Gasteiger partial charge is 0.244 e. The molecule has 0 saturated carbocycles. The maximum atomic E-state index is 14.4. The number of hydrogen-bond donors (Lipinski definition) is 1. The zero-order chi connectivity index (χ0) is 25.8. The fraction of sp³-hybridized carbons (Fsp3) is 0.391. The number of halogens is 3. The molecule has 2 amide bonds. The van der Waals surface area contributed by atoms with Crippen LogP contribution in [0.3, 0.4) is 0 Å². The summed E-state index contributed by atoms with van der Waals surface area (Å²) in [6, 6.07) is 7.96. The number of carbonyl (C=O) groups is 2. The molecule has 0 aliphatic carbocycles. The van der Waals surface area contributed by atoms with Gasteiger partial charge in [-0.15, -0.1) is 0 Å². The van der Waals surface area contributed by atoms with Crippen molar-refractivity contribution in [3.8, 4) is 0 Å². The highest BCUT2D eigenvalue weighted by molar-refractivity contribution is 7.92. The second-order valence-corrected chi connectivity index (χ2v) is 11.2. The summed E-state index contributed by atoms with van der Waals surface area (Å²) in [7, 11) is -4.00. The molecule has 2 aromatic rings. The van der Waals surface area contributed by atoms with Crippen molar-refractivity contribution in [1.29, 1.82) is 0 Å². The molecule has 34 heavy (non-hydrogen) atoms. The van der Waals surface area contributed by atoms with Crippen molar-refractivity contribution in [1.82, 2.24) is 10.2 Å². The van der Waals surface area contributed by atoms with Crippen LogP contribution in [0.1, 0.15) is 33.3 Å².